The molecule has 2 aliphatic heterocycles. The Bertz CT molecular complexity index is 1530. The molecule has 2 saturated heterocycles. The third-order valence-electron chi connectivity index (χ3n) is 7.79. The minimum Gasteiger partial charge on any atom is -0.465 e. The van der Waals surface area contributed by atoms with Crippen molar-refractivity contribution in [3.8, 4) is 5.75 Å². The van der Waals surface area contributed by atoms with E-state index in [1.54, 1.807) is 44.8 Å². The number of imidazole rings is 1. The summed E-state index contributed by atoms with van der Waals surface area (Å²) in [5.41, 5.74) is 3.51. The molecule has 46 heavy (non-hydrogen) atoms. The highest BCUT2D eigenvalue weighted by molar-refractivity contribution is 7.99. The van der Waals surface area contributed by atoms with Crippen LogP contribution in [-0.4, -0.2) is 99.5 Å². The molecule has 2 amide bonds. The Morgan fingerprint density at radius 1 is 0.978 bits per heavy atom. The minimum absolute atomic E-state index is 0.0785. The van der Waals surface area contributed by atoms with Crippen LogP contribution in [0.25, 0.3) is 0 Å². The van der Waals surface area contributed by atoms with Crippen LogP contribution in [0.3, 0.4) is 0 Å². The molecule has 0 unspecified atom stereocenters. The number of amides is 2. The number of carbonyl (C=O) groups is 2. The lowest BCUT2D eigenvalue weighted by Gasteiger charge is -2.30. The molecular weight excluding hydrogens is 610 g/mol. The number of benzene rings is 1. The van der Waals surface area contributed by atoms with Crippen LogP contribution in [-0.2, 0) is 19.9 Å². The van der Waals surface area contributed by atoms with Gasteiger partial charge in [-0.15, -0.1) is 5.10 Å². The van der Waals surface area contributed by atoms with Gasteiger partial charge in [0.05, 0.1) is 6.20 Å². The number of carboxylic acid groups (broad SMARTS) is 1. The number of hydrogen-bond donors (Lipinski definition) is 1. The molecule has 0 bridgehead atoms. The fourth-order valence-corrected chi connectivity index (χ4v) is 6.18. The van der Waals surface area contributed by atoms with Gasteiger partial charge in [0, 0.05) is 69.4 Å². The van der Waals surface area contributed by atoms with Crippen molar-refractivity contribution in [2.24, 2.45) is 7.05 Å². The first kappa shape index (κ1) is 32.7. The molecule has 244 valence electrons. The summed E-state index contributed by atoms with van der Waals surface area (Å²) < 4.78 is 8.81. The number of tetrazole rings is 1. The van der Waals surface area contributed by atoms with E-state index in [1.807, 2.05) is 43.6 Å². The number of piperidine rings is 2. The lowest BCUT2D eigenvalue weighted by Crippen LogP contribution is -2.42. The Balaban J connectivity index is 0.000000232. The predicted molar refractivity (Wildman–Crippen MR) is 170 cm³/mol. The number of ether oxygens (including phenoxy) is 1. The zero-order chi connectivity index (χ0) is 32.3. The number of thioether (sulfide) groups is 1. The second-order valence-electron chi connectivity index (χ2n) is 11.2. The SMILES string of the molecule is Cc1ccnc(CCc2ccc(OC(=O)N3CCC(Sc4nnnn4C)CC3)cc2)c1.O=C(O)N1CCC(On2ccnc2)CC1. The number of carbonyl (C=O) groups excluding carboxylic acids is 1. The van der Waals surface area contributed by atoms with Crippen molar-refractivity contribution >= 4 is 23.9 Å². The van der Waals surface area contributed by atoms with Crippen LogP contribution >= 0.6 is 11.8 Å². The molecule has 0 spiro atoms. The van der Waals surface area contributed by atoms with Crippen LogP contribution in [0, 0.1) is 6.92 Å². The van der Waals surface area contributed by atoms with Gasteiger partial charge in [-0.05, 0) is 78.4 Å². The summed E-state index contributed by atoms with van der Waals surface area (Å²) in [6.45, 7) is 4.49. The van der Waals surface area contributed by atoms with E-state index >= 15 is 0 Å². The Labute approximate surface area is 271 Å². The predicted octanol–water partition coefficient (Wildman–Crippen LogP) is 3.91. The molecule has 0 atom stereocenters. The van der Waals surface area contributed by atoms with Gasteiger partial charge in [-0.2, -0.15) is 4.73 Å². The molecule has 1 aromatic carbocycles. The lowest BCUT2D eigenvalue weighted by molar-refractivity contribution is -0.000712. The molecule has 0 radical (unpaired) electrons. The summed E-state index contributed by atoms with van der Waals surface area (Å²) in [6, 6.07) is 11.9. The molecule has 0 aliphatic carbocycles. The number of likely N-dealkylation sites (tertiary alicyclic amines) is 2. The highest BCUT2D eigenvalue weighted by Gasteiger charge is 2.26. The van der Waals surface area contributed by atoms with Gasteiger partial charge < -0.3 is 24.5 Å². The Morgan fingerprint density at radius 3 is 2.35 bits per heavy atom. The zero-order valence-electron chi connectivity index (χ0n) is 26.0. The molecule has 3 aromatic heterocycles. The van der Waals surface area contributed by atoms with E-state index in [4.69, 9.17) is 14.7 Å². The van der Waals surface area contributed by atoms with Crippen LogP contribution in [0.15, 0.2) is 66.5 Å². The average molecular weight is 650 g/mol. The van der Waals surface area contributed by atoms with Gasteiger partial charge in [-0.3, -0.25) is 4.98 Å². The van der Waals surface area contributed by atoms with Crippen LogP contribution in [0.4, 0.5) is 9.59 Å². The first-order chi connectivity index (χ1) is 22.3. The molecule has 2 aliphatic rings. The maximum absolute atomic E-state index is 12.5. The molecule has 2 fully saturated rings. The van der Waals surface area contributed by atoms with Gasteiger partial charge in [-0.1, -0.05) is 23.9 Å². The second kappa shape index (κ2) is 16.1. The lowest BCUT2D eigenvalue weighted by atomic mass is 10.1. The van der Waals surface area contributed by atoms with Crippen LogP contribution < -0.4 is 9.57 Å². The van der Waals surface area contributed by atoms with E-state index in [0.29, 0.717) is 37.2 Å². The van der Waals surface area contributed by atoms with E-state index in [0.717, 1.165) is 49.4 Å². The van der Waals surface area contributed by atoms with Crippen LogP contribution in [0.2, 0.25) is 0 Å². The smallest absolute Gasteiger partial charge is 0.415 e. The fraction of sp³-hybridized carbons (Fsp3) is 0.452. The van der Waals surface area contributed by atoms with Gasteiger partial charge in [0.25, 0.3) is 0 Å². The van der Waals surface area contributed by atoms with E-state index in [-0.39, 0.29) is 12.2 Å². The van der Waals surface area contributed by atoms with Crippen molar-refractivity contribution in [2.45, 2.75) is 62.0 Å². The molecule has 5 heterocycles. The summed E-state index contributed by atoms with van der Waals surface area (Å²) >= 11 is 1.66. The number of rotatable bonds is 8. The summed E-state index contributed by atoms with van der Waals surface area (Å²) in [5, 5.41) is 21.5. The van der Waals surface area contributed by atoms with Crippen molar-refractivity contribution in [1.29, 1.82) is 0 Å². The third kappa shape index (κ3) is 9.67. The summed E-state index contributed by atoms with van der Waals surface area (Å²) in [7, 11) is 1.83. The van der Waals surface area contributed by atoms with Gasteiger partial charge in [0.2, 0.25) is 5.16 Å². The maximum Gasteiger partial charge on any atom is 0.415 e. The Hall–Kier alpha value is -4.66. The summed E-state index contributed by atoms with van der Waals surface area (Å²) in [4.78, 5) is 40.2. The first-order valence-electron chi connectivity index (χ1n) is 15.3. The monoisotopic (exact) mass is 649 g/mol. The van der Waals surface area contributed by atoms with E-state index < -0.39 is 6.09 Å². The van der Waals surface area contributed by atoms with Gasteiger partial charge in [0.1, 0.15) is 18.2 Å². The van der Waals surface area contributed by atoms with E-state index in [1.165, 1.54) is 16.0 Å². The Morgan fingerprint density at radius 2 is 1.72 bits per heavy atom. The van der Waals surface area contributed by atoms with Crippen LogP contribution in [0.1, 0.15) is 42.5 Å². The third-order valence-corrected chi connectivity index (χ3v) is 9.15. The van der Waals surface area contributed by atoms with Crippen molar-refractivity contribution in [3.63, 3.8) is 0 Å². The largest absolute Gasteiger partial charge is 0.465 e. The molecule has 1 N–H and O–H groups in total. The van der Waals surface area contributed by atoms with Crippen molar-refractivity contribution in [3.05, 3.63) is 78.1 Å². The molecule has 15 heteroatoms. The number of aromatic nitrogens is 7. The van der Waals surface area contributed by atoms with Gasteiger partial charge >= 0.3 is 12.2 Å². The topological polar surface area (TPSA) is 154 Å². The standard InChI is InChI=1S/C22H26N6O2S.C9H13N3O3/c1-16-9-12-23-18(15-16)6-3-17-4-7-19(8-5-17)30-22(29)28-13-10-20(11-14-28)31-21-24-25-26-27(21)2;13-9(14)11-4-1-8(2-5-11)15-12-6-3-10-7-12/h4-5,7-9,12,15,20H,3,6,10-11,13-14H2,1-2H3;3,6-8H,1-2,4-5H2,(H,13,14). The van der Waals surface area contributed by atoms with Gasteiger partial charge in [-0.25, -0.2) is 19.3 Å². The fourth-order valence-electron chi connectivity index (χ4n) is 5.16. The molecular formula is C31H39N9O5S. The highest BCUT2D eigenvalue weighted by atomic mass is 32.2. The second-order valence-corrected chi connectivity index (χ2v) is 12.5. The first-order valence-corrected chi connectivity index (χ1v) is 16.2. The maximum atomic E-state index is 12.5. The van der Waals surface area contributed by atoms with E-state index in [2.05, 4.69) is 38.5 Å². The van der Waals surface area contributed by atoms with Crippen molar-refractivity contribution < 1.29 is 24.3 Å². The minimum atomic E-state index is -0.851. The molecule has 0 saturated carbocycles. The zero-order valence-corrected chi connectivity index (χ0v) is 26.8. The number of hydrogen-bond acceptors (Lipinski definition) is 10. The molecule has 14 nitrogen and oxygen atoms in total. The van der Waals surface area contributed by atoms with Crippen molar-refractivity contribution in [1.82, 2.24) is 44.7 Å². The van der Waals surface area contributed by atoms with Crippen molar-refractivity contribution in [2.75, 3.05) is 26.2 Å². The quantitative estimate of drug-likeness (QED) is 0.296. The van der Waals surface area contributed by atoms with Gasteiger partial charge in [0.15, 0.2) is 0 Å². The normalized spacial score (nSPS) is 15.6. The highest BCUT2D eigenvalue weighted by Crippen LogP contribution is 2.28. The molecule has 6 rings (SSSR count). The van der Waals surface area contributed by atoms with E-state index in [9.17, 15) is 9.59 Å². The number of aryl methyl sites for hydroxylation is 4. The number of pyridine rings is 1. The number of nitrogens with zero attached hydrogens (tertiary/aromatic N) is 9. The molecule has 4 aromatic rings. The summed E-state index contributed by atoms with van der Waals surface area (Å²) in [5.74, 6) is 0.573. The average Bonchev–Trinajstić information content (AvgIpc) is 3.73. The summed E-state index contributed by atoms with van der Waals surface area (Å²) in [6.07, 6.45) is 10.8. The van der Waals surface area contributed by atoms with Crippen LogP contribution in [0.5, 0.6) is 5.75 Å². The Kier molecular flexibility index (Phi) is 11.4.